The SMILES string of the molecule is Cc1nc(C2CCC2)sc1C(CO)C(C)C. The van der Waals surface area contributed by atoms with E-state index < -0.39 is 0 Å². The normalized spacial score (nSPS) is 18.8. The smallest absolute Gasteiger partial charge is 0.0962 e. The van der Waals surface area contributed by atoms with Crippen molar-refractivity contribution in [3.8, 4) is 0 Å². The maximum Gasteiger partial charge on any atom is 0.0962 e. The fraction of sp³-hybridized carbons (Fsp3) is 0.769. The summed E-state index contributed by atoms with van der Waals surface area (Å²) in [5.41, 5.74) is 1.14. The summed E-state index contributed by atoms with van der Waals surface area (Å²) in [7, 11) is 0. The van der Waals surface area contributed by atoms with Crippen molar-refractivity contribution in [1.29, 1.82) is 0 Å². The van der Waals surface area contributed by atoms with Crippen LogP contribution in [0.4, 0.5) is 0 Å². The molecule has 1 aliphatic carbocycles. The summed E-state index contributed by atoms with van der Waals surface area (Å²) in [6, 6.07) is 0. The van der Waals surface area contributed by atoms with Gasteiger partial charge in [-0.05, 0) is 25.7 Å². The maximum atomic E-state index is 9.47. The molecule has 0 aromatic carbocycles. The first-order chi connectivity index (χ1) is 7.63. The number of thiazole rings is 1. The highest BCUT2D eigenvalue weighted by atomic mass is 32.1. The molecule has 1 aliphatic rings. The lowest BCUT2D eigenvalue weighted by molar-refractivity contribution is 0.239. The molecule has 1 aromatic heterocycles. The van der Waals surface area contributed by atoms with Gasteiger partial charge in [0.15, 0.2) is 0 Å². The Morgan fingerprint density at radius 3 is 2.56 bits per heavy atom. The van der Waals surface area contributed by atoms with Gasteiger partial charge in [0.2, 0.25) is 0 Å². The zero-order valence-electron chi connectivity index (χ0n) is 10.4. The number of rotatable bonds is 4. The Hall–Kier alpha value is -0.410. The fourth-order valence-corrected chi connectivity index (χ4v) is 3.70. The van der Waals surface area contributed by atoms with Crippen molar-refractivity contribution in [2.45, 2.75) is 51.9 Å². The lowest BCUT2D eigenvalue weighted by Gasteiger charge is -2.22. The highest BCUT2D eigenvalue weighted by molar-refractivity contribution is 7.12. The molecule has 0 aliphatic heterocycles. The van der Waals surface area contributed by atoms with Crippen LogP contribution >= 0.6 is 11.3 Å². The van der Waals surface area contributed by atoms with Gasteiger partial charge < -0.3 is 5.11 Å². The second kappa shape index (κ2) is 4.84. The fourth-order valence-electron chi connectivity index (χ4n) is 2.20. The van der Waals surface area contributed by atoms with Crippen LogP contribution < -0.4 is 0 Å². The van der Waals surface area contributed by atoms with E-state index >= 15 is 0 Å². The van der Waals surface area contributed by atoms with E-state index in [1.54, 1.807) is 0 Å². The highest BCUT2D eigenvalue weighted by Gasteiger charge is 2.26. The van der Waals surface area contributed by atoms with Gasteiger partial charge in [0.1, 0.15) is 0 Å². The van der Waals surface area contributed by atoms with E-state index in [-0.39, 0.29) is 12.5 Å². The summed E-state index contributed by atoms with van der Waals surface area (Å²) < 4.78 is 0. The summed E-state index contributed by atoms with van der Waals surface area (Å²) in [5.74, 6) is 1.47. The number of aromatic nitrogens is 1. The molecule has 1 heterocycles. The molecule has 1 aromatic rings. The summed E-state index contributed by atoms with van der Waals surface area (Å²) in [6.07, 6.45) is 3.96. The molecule has 0 spiro atoms. The van der Waals surface area contributed by atoms with Crippen molar-refractivity contribution >= 4 is 11.3 Å². The Balaban J connectivity index is 2.22. The van der Waals surface area contributed by atoms with Crippen LogP contribution in [0.3, 0.4) is 0 Å². The molecular weight excluding hydrogens is 218 g/mol. The van der Waals surface area contributed by atoms with Gasteiger partial charge in [-0.25, -0.2) is 4.98 Å². The van der Waals surface area contributed by atoms with Crippen LogP contribution in [0, 0.1) is 12.8 Å². The van der Waals surface area contributed by atoms with Gasteiger partial charge in [0, 0.05) is 16.7 Å². The van der Waals surface area contributed by atoms with Crippen molar-refractivity contribution in [1.82, 2.24) is 4.98 Å². The minimum Gasteiger partial charge on any atom is -0.396 e. The molecule has 0 bridgehead atoms. The van der Waals surface area contributed by atoms with E-state index in [9.17, 15) is 5.11 Å². The predicted molar refractivity (Wildman–Crippen MR) is 68.1 cm³/mol. The molecule has 1 atom stereocenters. The Kier molecular flexibility index (Phi) is 3.65. The van der Waals surface area contributed by atoms with E-state index in [0.29, 0.717) is 11.8 Å². The molecule has 1 unspecified atom stereocenters. The van der Waals surface area contributed by atoms with Gasteiger partial charge in [0.05, 0.1) is 17.3 Å². The molecule has 90 valence electrons. The van der Waals surface area contributed by atoms with Gasteiger partial charge in [-0.1, -0.05) is 20.3 Å². The Morgan fingerprint density at radius 2 is 2.12 bits per heavy atom. The summed E-state index contributed by atoms with van der Waals surface area (Å²) in [4.78, 5) is 6.00. The molecule has 2 nitrogen and oxygen atoms in total. The van der Waals surface area contributed by atoms with Crippen LogP contribution in [0.5, 0.6) is 0 Å². The van der Waals surface area contributed by atoms with Gasteiger partial charge >= 0.3 is 0 Å². The molecular formula is C13H21NOS. The monoisotopic (exact) mass is 239 g/mol. The van der Waals surface area contributed by atoms with Crippen molar-refractivity contribution in [3.05, 3.63) is 15.6 Å². The second-order valence-corrected chi connectivity index (χ2v) is 6.22. The molecule has 2 rings (SSSR count). The largest absolute Gasteiger partial charge is 0.396 e. The first-order valence-electron chi connectivity index (χ1n) is 6.21. The average Bonchev–Trinajstić information content (AvgIpc) is 2.45. The standard InChI is InChI=1S/C13H21NOS/c1-8(2)11(7-15)12-9(3)14-13(16-12)10-5-4-6-10/h8,10-11,15H,4-7H2,1-3H3. The Bertz CT molecular complexity index is 355. The van der Waals surface area contributed by atoms with Crippen LogP contribution in [0.25, 0.3) is 0 Å². The average molecular weight is 239 g/mol. The van der Waals surface area contributed by atoms with Crippen molar-refractivity contribution in [2.75, 3.05) is 6.61 Å². The molecule has 1 saturated carbocycles. The minimum absolute atomic E-state index is 0.241. The molecule has 3 heteroatoms. The van der Waals surface area contributed by atoms with Crippen molar-refractivity contribution in [2.24, 2.45) is 5.92 Å². The van der Waals surface area contributed by atoms with E-state index in [2.05, 4.69) is 20.8 Å². The van der Waals surface area contributed by atoms with Gasteiger partial charge in [-0.3, -0.25) is 0 Å². The first-order valence-corrected chi connectivity index (χ1v) is 7.03. The first kappa shape index (κ1) is 12.1. The number of aliphatic hydroxyl groups excluding tert-OH is 1. The van der Waals surface area contributed by atoms with Crippen LogP contribution in [-0.4, -0.2) is 16.7 Å². The summed E-state index contributed by atoms with van der Waals surface area (Å²) >= 11 is 1.83. The van der Waals surface area contributed by atoms with Crippen LogP contribution in [-0.2, 0) is 0 Å². The number of hydrogen-bond donors (Lipinski definition) is 1. The maximum absolute atomic E-state index is 9.47. The quantitative estimate of drug-likeness (QED) is 0.873. The molecule has 16 heavy (non-hydrogen) atoms. The van der Waals surface area contributed by atoms with Crippen LogP contribution in [0.2, 0.25) is 0 Å². The van der Waals surface area contributed by atoms with E-state index in [4.69, 9.17) is 4.98 Å². The molecule has 0 amide bonds. The molecule has 1 fully saturated rings. The number of aryl methyl sites for hydroxylation is 1. The number of hydrogen-bond acceptors (Lipinski definition) is 3. The van der Waals surface area contributed by atoms with E-state index in [1.807, 2.05) is 11.3 Å². The molecule has 0 radical (unpaired) electrons. The van der Waals surface area contributed by atoms with Gasteiger partial charge in [0.25, 0.3) is 0 Å². The van der Waals surface area contributed by atoms with Gasteiger partial charge in [-0.15, -0.1) is 11.3 Å². The second-order valence-electron chi connectivity index (χ2n) is 5.16. The Labute approximate surface area is 102 Å². The third-order valence-electron chi connectivity index (χ3n) is 3.64. The molecule has 0 saturated heterocycles. The van der Waals surface area contributed by atoms with E-state index in [0.717, 1.165) is 5.69 Å². The van der Waals surface area contributed by atoms with Crippen LogP contribution in [0.15, 0.2) is 0 Å². The topological polar surface area (TPSA) is 33.1 Å². The number of aliphatic hydroxyl groups is 1. The van der Waals surface area contributed by atoms with Crippen LogP contribution in [0.1, 0.15) is 60.5 Å². The molecule has 1 N–H and O–H groups in total. The third-order valence-corrected chi connectivity index (χ3v) is 5.09. The summed E-state index contributed by atoms with van der Waals surface area (Å²) in [5, 5.41) is 10.8. The number of nitrogens with zero attached hydrogens (tertiary/aromatic N) is 1. The Morgan fingerprint density at radius 1 is 1.44 bits per heavy atom. The predicted octanol–water partition coefficient (Wildman–Crippen LogP) is 3.45. The zero-order valence-corrected chi connectivity index (χ0v) is 11.2. The van der Waals surface area contributed by atoms with Gasteiger partial charge in [-0.2, -0.15) is 0 Å². The third kappa shape index (κ3) is 2.16. The van der Waals surface area contributed by atoms with Crippen molar-refractivity contribution < 1.29 is 5.11 Å². The lowest BCUT2D eigenvalue weighted by Crippen LogP contribution is -2.10. The zero-order chi connectivity index (χ0) is 11.7. The van der Waals surface area contributed by atoms with E-state index in [1.165, 1.54) is 29.1 Å². The lowest BCUT2D eigenvalue weighted by atomic mass is 9.86. The highest BCUT2D eigenvalue weighted by Crippen LogP contribution is 2.41. The minimum atomic E-state index is 0.241. The van der Waals surface area contributed by atoms with Crippen molar-refractivity contribution in [3.63, 3.8) is 0 Å². The summed E-state index contributed by atoms with van der Waals surface area (Å²) in [6.45, 7) is 6.66.